The van der Waals surface area contributed by atoms with E-state index in [-0.39, 0.29) is 24.0 Å². The quantitative estimate of drug-likeness (QED) is 0.252. The van der Waals surface area contributed by atoms with E-state index in [1.165, 1.54) is 32.6 Å². The summed E-state index contributed by atoms with van der Waals surface area (Å²) >= 11 is 0. The Morgan fingerprint density at radius 1 is 1.20 bits per heavy atom. The third-order valence-electron chi connectivity index (χ3n) is 5.42. The van der Waals surface area contributed by atoms with Crippen LogP contribution in [0.15, 0.2) is 41.5 Å². The summed E-state index contributed by atoms with van der Waals surface area (Å²) in [5.74, 6) is 1.83. The van der Waals surface area contributed by atoms with Crippen LogP contribution in [0.4, 0.5) is 0 Å². The van der Waals surface area contributed by atoms with E-state index >= 15 is 0 Å². The highest BCUT2D eigenvalue weighted by atomic mass is 127. The standard InChI is InChI=1S/C22H35N7.HI/c1-23-22(24-11-7-13-29-14-8-12-27(2)15-16-29)28(3)18-21-25-17-20(26-21)19-9-5-4-6-10-19;/h4-6,9-10,17H,7-8,11-16,18H2,1-3H3,(H,23,24)(H,25,26);1H. The highest BCUT2D eigenvalue weighted by Gasteiger charge is 2.12. The summed E-state index contributed by atoms with van der Waals surface area (Å²) in [4.78, 5) is 19.5. The number of imidazole rings is 1. The fourth-order valence-electron chi connectivity index (χ4n) is 3.72. The lowest BCUT2D eigenvalue weighted by Crippen LogP contribution is -2.40. The number of halogens is 1. The van der Waals surface area contributed by atoms with Crippen LogP contribution in [0.1, 0.15) is 18.7 Å². The number of aromatic amines is 1. The van der Waals surface area contributed by atoms with Crippen LogP contribution < -0.4 is 5.32 Å². The molecule has 166 valence electrons. The normalized spacial score (nSPS) is 16.0. The maximum atomic E-state index is 4.53. The van der Waals surface area contributed by atoms with Crippen molar-refractivity contribution < 1.29 is 0 Å². The molecular weight excluding hydrogens is 489 g/mol. The number of hydrogen-bond acceptors (Lipinski definition) is 4. The number of nitrogens with zero attached hydrogens (tertiary/aromatic N) is 5. The van der Waals surface area contributed by atoms with Gasteiger partial charge in [-0.3, -0.25) is 4.99 Å². The van der Waals surface area contributed by atoms with Gasteiger partial charge in [-0.05, 0) is 45.1 Å². The Morgan fingerprint density at radius 2 is 2.00 bits per heavy atom. The fraction of sp³-hybridized carbons (Fsp3) is 0.545. The highest BCUT2D eigenvalue weighted by Crippen LogP contribution is 2.16. The SMILES string of the molecule is CN=C(NCCCN1CCCN(C)CC1)N(C)Cc1ncc(-c2ccccc2)[nH]1.I. The van der Waals surface area contributed by atoms with Gasteiger partial charge >= 0.3 is 0 Å². The second kappa shape index (κ2) is 12.9. The van der Waals surface area contributed by atoms with Gasteiger partial charge < -0.3 is 25.0 Å². The molecule has 0 bridgehead atoms. The van der Waals surface area contributed by atoms with Crippen molar-refractivity contribution in [1.82, 2.24) is 30.0 Å². The average Bonchev–Trinajstić information content (AvgIpc) is 3.10. The number of benzene rings is 1. The van der Waals surface area contributed by atoms with E-state index in [1.807, 2.05) is 38.5 Å². The number of aromatic nitrogens is 2. The Bertz CT molecular complexity index is 762. The second-order valence-corrected chi connectivity index (χ2v) is 7.79. The van der Waals surface area contributed by atoms with Crippen LogP contribution in [-0.2, 0) is 6.54 Å². The third-order valence-corrected chi connectivity index (χ3v) is 5.42. The number of likely N-dealkylation sites (N-methyl/N-ethyl adjacent to an activating group) is 1. The molecule has 0 amide bonds. The molecule has 8 heteroatoms. The van der Waals surface area contributed by atoms with E-state index in [2.05, 4.69) is 54.2 Å². The maximum Gasteiger partial charge on any atom is 0.193 e. The summed E-state index contributed by atoms with van der Waals surface area (Å²) in [5.41, 5.74) is 2.19. The lowest BCUT2D eigenvalue weighted by Gasteiger charge is -2.23. The van der Waals surface area contributed by atoms with Crippen molar-refractivity contribution in [1.29, 1.82) is 0 Å². The van der Waals surface area contributed by atoms with Crippen LogP contribution in [0.5, 0.6) is 0 Å². The lowest BCUT2D eigenvalue weighted by molar-refractivity contribution is 0.273. The van der Waals surface area contributed by atoms with Crippen molar-refractivity contribution in [3.63, 3.8) is 0 Å². The zero-order valence-corrected chi connectivity index (χ0v) is 20.8. The van der Waals surface area contributed by atoms with Crippen LogP contribution in [0.25, 0.3) is 11.3 Å². The van der Waals surface area contributed by atoms with Gasteiger partial charge in [-0.25, -0.2) is 4.98 Å². The van der Waals surface area contributed by atoms with Crippen LogP contribution in [0, 0.1) is 0 Å². The first-order chi connectivity index (χ1) is 14.2. The van der Waals surface area contributed by atoms with Crippen molar-refractivity contribution in [2.24, 2.45) is 4.99 Å². The third kappa shape index (κ3) is 7.55. The monoisotopic (exact) mass is 525 g/mol. The average molecular weight is 525 g/mol. The zero-order valence-electron chi connectivity index (χ0n) is 18.5. The molecule has 1 aromatic carbocycles. The van der Waals surface area contributed by atoms with Gasteiger partial charge in [-0.2, -0.15) is 0 Å². The summed E-state index contributed by atoms with van der Waals surface area (Å²) in [6, 6.07) is 10.3. The van der Waals surface area contributed by atoms with E-state index in [0.717, 1.165) is 42.6 Å². The Hall–Kier alpha value is -1.65. The zero-order chi connectivity index (χ0) is 20.5. The van der Waals surface area contributed by atoms with Gasteiger partial charge in [-0.15, -0.1) is 24.0 Å². The second-order valence-electron chi connectivity index (χ2n) is 7.79. The van der Waals surface area contributed by atoms with E-state index in [1.54, 1.807) is 0 Å². The Kier molecular flexibility index (Phi) is 10.6. The first kappa shape index (κ1) is 24.6. The summed E-state index contributed by atoms with van der Waals surface area (Å²) in [7, 11) is 6.10. The number of H-pyrrole nitrogens is 1. The van der Waals surface area contributed by atoms with E-state index < -0.39 is 0 Å². The van der Waals surface area contributed by atoms with Gasteiger partial charge in [0.1, 0.15) is 5.82 Å². The van der Waals surface area contributed by atoms with Gasteiger partial charge in [0.25, 0.3) is 0 Å². The summed E-state index contributed by atoms with van der Waals surface area (Å²) in [6.45, 7) is 7.52. The van der Waals surface area contributed by atoms with Gasteiger partial charge in [0.05, 0.1) is 18.4 Å². The minimum atomic E-state index is 0. The molecule has 0 aliphatic carbocycles. The first-order valence-corrected chi connectivity index (χ1v) is 10.6. The highest BCUT2D eigenvalue weighted by molar-refractivity contribution is 14.0. The minimum absolute atomic E-state index is 0. The van der Waals surface area contributed by atoms with Gasteiger partial charge in [0, 0.05) is 33.7 Å². The molecule has 3 rings (SSSR count). The van der Waals surface area contributed by atoms with Gasteiger partial charge in [-0.1, -0.05) is 30.3 Å². The van der Waals surface area contributed by atoms with Crippen molar-refractivity contribution in [2.45, 2.75) is 19.4 Å². The van der Waals surface area contributed by atoms with Crippen LogP contribution in [0.3, 0.4) is 0 Å². The molecule has 2 aromatic rings. The van der Waals surface area contributed by atoms with Gasteiger partial charge in [0.2, 0.25) is 0 Å². The molecule has 1 aliphatic rings. The largest absolute Gasteiger partial charge is 0.356 e. The number of hydrogen-bond donors (Lipinski definition) is 2. The molecule has 0 radical (unpaired) electrons. The Labute approximate surface area is 198 Å². The van der Waals surface area contributed by atoms with E-state index in [9.17, 15) is 0 Å². The number of guanidine groups is 1. The molecule has 0 atom stereocenters. The number of aliphatic imine (C=N–C) groups is 1. The molecule has 30 heavy (non-hydrogen) atoms. The molecule has 1 saturated heterocycles. The Balaban J connectivity index is 0.00000320. The Morgan fingerprint density at radius 3 is 2.77 bits per heavy atom. The van der Waals surface area contributed by atoms with E-state index in [4.69, 9.17) is 0 Å². The predicted octanol–water partition coefficient (Wildman–Crippen LogP) is 2.73. The molecule has 7 nitrogen and oxygen atoms in total. The molecule has 1 fully saturated rings. The fourth-order valence-corrected chi connectivity index (χ4v) is 3.72. The number of rotatable bonds is 7. The van der Waals surface area contributed by atoms with Crippen molar-refractivity contribution in [3.8, 4) is 11.3 Å². The lowest BCUT2D eigenvalue weighted by atomic mass is 10.2. The van der Waals surface area contributed by atoms with Crippen molar-refractivity contribution in [2.75, 3.05) is 60.4 Å². The molecule has 0 unspecified atom stereocenters. The van der Waals surface area contributed by atoms with E-state index in [0.29, 0.717) is 6.54 Å². The molecule has 0 spiro atoms. The maximum absolute atomic E-state index is 4.53. The summed E-state index contributed by atoms with van der Waals surface area (Å²) in [5, 5.41) is 3.49. The topological polar surface area (TPSA) is 62.8 Å². The van der Waals surface area contributed by atoms with Crippen LogP contribution >= 0.6 is 24.0 Å². The predicted molar refractivity (Wildman–Crippen MR) is 135 cm³/mol. The molecular formula is C22H36IN7. The van der Waals surface area contributed by atoms with Gasteiger partial charge in [0.15, 0.2) is 5.96 Å². The van der Waals surface area contributed by atoms with Crippen molar-refractivity contribution >= 4 is 29.9 Å². The molecule has 2 heterocycles. The van der Waals surface area contributed by atoms with Crippen LogP contribution in [-0.4, -0.2) is 91.0 Å². The molecule has 1 aromatic heterocycles. The van der Waals surface area contributed by atoms with Crippen LogP contribution in [0.2, 0.25) is 0 Å². The molecule has 2 N–H and O–H groups in total. The molecule has 0 saturated carbocycles. The first-order valence-electron chi connectivity index (χ1n) is 10.6. The number of nitrogens with one attached hydrogen (secondary N) is 2. The minimum Gasteiger partial charge on any atom is -0.356 e. The summed E-state index contributed by atoms with van der Waals surface area (Å²) in [6.07, 6.45) is 4.28. The smallest absolute Gasteiger partial charge is 0.193 e. The molecule has 1 aliphatic heterocycles. The van der Waals surface area contributed by atoms with Crippen molar-refractivity contribution in [3.05, 3.63) is 42.4 Å². The summed E-state index contributed by atoms with van der Waals surface area (Å²) < 4.78 is 0.